The second-order valence-corrected chi connectivity index (χ2v) is 6.54. The molecular formula is C16H13ClN2OS. The molecule has 0 saturated carbocycles. The Balaban J connectivity index is 1.97. The zero-order valence-corrected chi connectivity index (χ0v) is 12.7. The van der Waals surface area contributed by atoms with E-state index in [0.29, 0.717) is 16.5 Å². The quantitative estimate of drug-likeness (QED) is 0.748. The monoisotopic (exact) mass is 316 g/mol. The third-order valence-corrected chi connectivity index (χ3v) is 4.87. The SMILES string of the molecule is Nc1ccc(CS(=O)c2ccc(Cl)cc2)c2ncccc12. The summed E-state index contributed by atoms with van der Waals surface area (Å²) in [6.07, 6.45) is 1.72. The molecule has 0 bridgehead atoms. The average Bonchev–Trinajstić information content (AvgIpc) is 2.51. The van der Waals surface area contributed by atoms with Gasteiger partial charge in [-0.3, -0.25) is 9.19 Å². The fourth-order valence-corrected chi connectivity index (χ4v) is 3.43. The summed E-state index contributed by atoms with van der Waals surface area (Å²) in [7, 11) is -1.14. The van der Waals surface area contributed by atoms with Crippen LogP contribution in [0.1, 0.15) is 5.56 Å². The topological polar surface area (TPSA) is 56.0 Å². The number of rotatable bonds is 3. The zero-order valence-electron chi connectivity index (χ0n) is 11.1. The summed E-state index contributed by atoms with van der Waals surface area (Å²) in [5, 5.41) is 1.53. The molecule has 0 aliphatic carbocycles. The minimum Gasteiger partial charge on any atom is -0.398 e. The van der Waals surface area contributed by atoms with Crippen LogP contribution in [0.3, 0.4) is 0 Å². The maximum atomic E-state index is 12.5. The van der Waals surface area contributed by atoms with Crippen molar-refractivity contribution in [2.24, 2.45) is 0 Å². The molecule has 0 saturated heterocycles. The van der Waals surface area contributed by atoms with Crippen LogP contribution in [0.15, 0.2) is 59.6 Å². The lowest BCUT2D eigenvalue weighted by Gasteiger charge is -2.08. The van der Waals surface area contributed by atoms with Crippen LogP contribution in [-0.2, 0) is 16.6 Å². The standard InChI is InChI=1S/C16H13ClN2OS/c17-12-4-6-13(7-5-12)21(20)10-11-3-8-15(18)14-2-1-9-19-16(11)14/h1-9H,10,18H2. The number of hydrogen-bond donors (Lipinski definition) is 1. The smallest absolute Gasteiger partial charge is 0.0764 e. The van der Waals surface area contributed by atoms with Gasteiger partial charge in [0, 0.05) is 27.2 Å². The normalized spacial score (nSPS) is 12.4. The molecule has 3 rings (SSSR count). The largest absolute Gasteiger partial charge is 0.398 e. The molecule has 2 N–H and O–H groups in total. The Morgan fingerprint density at radius 1 is 1.10 bits per heavy atom. The lowest BCUT2D eigenvalue weighted by atomic mass is 10.1. The van der Waals surface area contributed by atoms with Crippen LogP contribution in [0.5, 0.6) is 0 Å². The van der Waals surface area contributed by atoms with Crippen molar-refractivity contribution in [3.63, 3.8) is 0 Å². The highest BCUT2D eigenvalue weighted by molar-refractivity contribution is 7.84. The number of hydrogen-bond acceptors (Lipinski definition) is 3. The molecule has 3 aromatic rings. The number of nitrogens with zero attached hydrogens (tertiary/aromatic N) is 1. The van der Waals surface area contributed by atoms with Gasteiger partial charge >= 0.3 is 0 Å². The second kappa shape index (κ2) is 5.84. The van der Waals surface area contributed by atoms with Crippen LogP contribution in [0.4, 0.5) is 5.69 Å². The Bertz CT molecular complexity index is 818. The van der Waals surface area contributed by atoms with Crippen LogP contribution in [-0.4, -0.2) is 9.19 Å². The first-order chi connectivity index (χ1) is 10.1. The Morgan fingerprint density at radius 2 is 1.86 bits per heavy atom. The molecule has 1 atom stereocenters. The summed E-state index contributed by atoms with van der Waals surface area (Å²) in [5.74, 6) is 0.398. The molecule has 1 aromatic heterocycles. The molecule has 106 valence electrons. The number of anilines is 1. The van der Waals surface area contributed by atoms with Crippen LogP contribution in [0.25, 0.3) is 10.9 Å². The number of benzene rings is 2. The summed E-state index contributed by atoms with van der Waals surface area (Å²) in [6.45, 7) is 0. The van der Waals surface area contributed by atoms with Crippen molar-refractivity contribution in [1.82, 2.24) is 4.98 Å². The lowest BCUT2D eigenvalue weighted by Crippen LogP contribution is -1.99. The van der Waals surface area contributed by atoms with E-state index in [9.17, 15) is 4.21 Å². The van der Waals surface area contributed by atoms with Gasteiger partial charge in [0.1, 0.15) is 0 Å². The zero-order chi connectivity index (χ0) is 14.8. The molecule has 2 aromatic carbocycles. The minimum absolute atomic E-state index is 0.398. The van der Waals surface area contributed by atoms with Gasteiger partial charge in [0.2, 0.25) is 0 Å². The van der Waals surface area contributed by atoms with Crippen molar-refractivity contribution in [3.05, 3.63) is 65.3 Å². The van der Waals surface area contributed by atoms with E-state index in [-0.39, 0.29) is 0 Å². The van der Waals surface area contributed by atoms with E-state index >= 15 is 0 Å². The van der Waals surface area contributed by atoms with Crippen LogP contribution in [0, 0.1) is 0 Å². The van der Waals surface area contributed by atoms with E-state index < -0.39 is 10.8 Å². The van der Waals surface area contributed by atoms with Gasteiger partial charge in [-0.2, -0.15) is 0 Å². The summed E-state index contributed by atoms with van der Waals surface area (Å²) in [4.78, 5) is 5.12. The van der Waals surface area contributed by atoms with Crippen LogP contribution in [0.2, 0.25) is 5.02 Å². The first-order valence-electron chi connectivity index (χ1n) is 6.41. The number of aromatic nitrogens is 1. The van der Waals surface area contributed by atoms with Crippen LogP contribution >= 0.6 is 11.6 Å². The van der Waals surface area contributed by atoms with Gasteiger partial charge in [0.25, 0.3) is 0 Å². The molecule has 0 radical (unpaired) electrons. The molecule has 0 amide bonds. The molecule has 0 spiro atoms. The molecule has 3 nitrogen and oxygen atoms in total. The third kappa shape index (κ3) is 2.91. The van der Waals surface area contributed by atoms with Gasteiger partial charge < -0.3 is 5.73 Å². The number of pyridine rings is 1. The van der Waals surface area contributed by atoms with E-state index in [4.69, 9.17) is 17.3 Å². The summed E-state index contributed by atoms with van der Waals surface area (Å²) in [6, 6.07) is 14.5. The van der Waals surface area contributed by atoms with Crippen molar-refractivity contribution in [3.8, 4) is 0 Å². The molecule has 0 aliphatic rings. The Morgan fingerprint density at radius 3 is 2.62 bits per heavy atom. The second-order valence-electron chi connectivity index (χ2n) is 4.66. The van der Waals surface area contributed by atoms with Gasteiger partial charge in [0.05, 0.1) is 22.1 Å². The Hall–Kier alpha value is -1.91. The van der Waals surface area contributed by atoms with Gasteiger partial charge in [-0.25, -0.2) is 0 Å². The number of fused-ring (bicyclic) bond motifs is 1. The van der Waals surface area contributed by atoms with Crippen molar-refractivity contribution in [1.29, 1.82) is 0 Å². The van der Waals surface area contributed by atoms with Gasteiger partial charge in [-0.05, 0) is 48.0 Å². The average molecular weight is 317 g/mol. The highest BCUT2D eigenvalue weighted by Crippen LogP contribution is 2.25. The first kappa shape index (κ1) is 14.0. The first-order valence-corrected chi connectivity index (χ1v) is 8.11. The molecule has 21 heavy (non-hydrogen) atoms. The third-order valence-electron chi connectivity index (χ3n) is 3.25. The molecule has 0 aliphatic heterocycles. The fraction of sp³-hybridized carbons (Fsp3) is 0.0625. The van der Waals surface area contributed by atoms with E-state index in [0.717, 1.165) is 21.4 Å². The van der Waals surface area contributed by atoms with Crippen molar-refractivity contribution in [2.75, 3.05) is 5.73 Å². The maximum absolute atomic E-state index is 12.5. The highest BCUT2D eigenvalue weighted by Gasteiger charge is 2.10. The van der Waals surface area contributed by atoms with E-state index in [1.165, 1.54) is 0 Å². The van der Waals surface area contributed by atoms with Gasteiger partial charge in [-0.1, -0.05) is 17.7 Å². The summed E-state index contributed by atoms with van der Waals surface area (Å²) < 4.78 is 12.5. The Labute approximate surface area is 130 Å². The maximum Gasteiger partial charge on any atom is 0.0764 e. The molecule has 1 heterocycles. The Kier molecular flexibility index (Phi) is 3.90. The minimum atomic E-state index is -1.14. The summed E-state index contributed by atoms with van der Waals surface area (Å²) in [5.41, 5.74) is 8.36. The van der Waals surface area contributed by atoms with E-state index in [1.54, 1.807) is 30.5 Å². The number of nitrogens with two attached hydrogens (primary N) is 1. The molecule has 0 fully saturated rings. The number of halogens is 1. The predicted molar refractivity (Wildman–Crippen MR) is 87.7 cm³/mol. The summed E-state index contributed by atoms with van der Waals surface area (Å²) >= 11 is 5.85. The highest BCUT2D eigenvalue weighted by atomic mass is 35.5. The van der Waals surface area contributed by atoms with Crippen molar-refractivity contribution in [2.45, 2.75) is 10.6 Å². The predicted octanol–water partition coefficient (Wildman–Crippen LogP) is 3.78. The van der Waals surface area contributed by atoms with E-state index in [2.05, 4.69) is 4.98 Å². The number of nitrogen functional groups attached to an aromatic ring is 1. The van der Waals surface area contributed by atoms with Crippen LogP contribution < -0.4 is 5.73 Å². The van der Waals surface area contributed by atoms with E-state index in [1.807, 2.05) is 24.3 Å². The molecule has 5 heteroatoms. The lowest BCUT2D eigenvalue weighted by molar-refractivity contribution is 0.682. The van der Waals surface area contributed by atoms with Gasteiger partial charge in [0.15, 0.2) is 0 Å². The molecular weight excluding hydrogens is 304 g/mol. The van der Waals surface area contributed by atoms with Gasteiger partial charge in [-0.15, -0.1) is 0 Å². The fourth-order valence-electron chi connectivity index (χ4n) is 2.18. The van der Waals surface area contributed by atoms with Crippen molar-refractivity contribution >= 4 is 39.0 Å². The van der Waals surface area contributed by atoms with Crippen molar-refractivity contribution < 1.29 is 4.21 Å². The molecule has 1 unspecified atom stereocenters.